The van der Waals surface area contributed by atoms with Crippen molar-refractivity contribution in [3.05, 3.63) is 70.7 Å². The van der Waals surface area contributed by atoms with Crippen molar-refractivity contribution in [3.63, 3.8) is 0 Å². The number of aliphatic imine (C=N–C) groups is 1. The molecule has 2 unspecified atom stereocenters. The molecule has 7 nitrogen and oxygen atoms in total. The Morgan fingerprint density at radius 3 is 2.33 bits per heavy atom. The van der Waals surface area contributed by atoms with E-state index in [0.29, 0.717) is 22.7 Å². The monoisotopic (exact) mass is 503 g/mol. The number of aromatic nitrogens is 1. The first-order valence-electron chi connectivity index (χ1n) is 11.9. The number of thiazole rings is 1. The third-order valence-corrected chi connectivity index (χ3v) is 7.01. The summed E-state index contributed by atoms with van der Waals surface area (Å²) in [6.45, 7) is 7.52. The van der Waals surface area contributed by atoms with E-state index in [9.17, 15) is 9.59 Å². The molecule has 0 fully saturated rings. The van der Waals surface area contributed by atoms with Crippen molar-refractivity contribution < 1.29 is 19.1 Å². The molecule has 1 aliphatic heterocycles. The van der Waals surface area contributed by atoms with Gasteiger partial charge in [0.2, 0.25) is 0 Å². The van der Waals surface area contributed by atoms with E-state index in [4.69, 9.17) is 20.2 Å². The lowest BCUT2D eigenvalue weighted by Gasteiger charge is -2.32. The molecule has 0 saturated heterocycles. The fourth-order valence-corrected chi connectivity index (χ4v) is 5.47. The summed E-state index contributed by atoms with van der Waals surface area (Å²) in [4.78, 5) is 35.8. The fraction of sp³-hybridized carbons (Fsp3) is 0.286. The summed E-state index contributed by atoms with van der Waals surface area (Å²) in [6.07, 6.45) is 0. The lowest BCUT2D eigenvalue weighted by atomic mass is 9.74. The van der Waals surface area contributed by atoms with Gasteiger partial charge in [-0.25, -0.2) is 9.78 Å². The molecule has 1 aliphatic rings. The highest BCUT2D eigenvalue weighted by atomic mass is 32.1. The standard InChI is InChI=1S/C28H29N3O4S/c1-5-34-27(32)23-16(3)30-17(4)24(28(33)35-6-2)25(23)18-11-7-8-12-19(18)26-31-22(15-36-26)20-13-9-10-14-21(20)29/h7-15,23,25H,5-6,29H2,1-4H3. The zero-order valence-corrected chi connectivity index (χ0v) is 21.6. The van der Waals surface area contributed by atoms with Crippen LogP contribution in [0.3, 0.4) is 0 Å². The first-order valence-corrected chi connectivity index (χ1v) is 12.7. The Balaban J connectivity index is 1.88. The number of nitrogens with zero attached hydrogens (tertiary/aromatic N) is 2. The second-order valence-electron chi connectivity index (χ2n) is 8.39. The Morgan fingerprint density at radius 1 is 0.972 bits per heavy atom. The van der Waals surface area contributed by atoms with Gasteiger partial charge in [-0.05, 0) is 39.3 Å². The summed E-state index contributed by atoms with van der Waals surface area (Å²) in [5.41, 5.74) is 11.5. The molecule has 0 bridgehead atoms. The quantitative estimate of drug-likeness (QED) is 0.331. The predicted molar refractivity (Wildman–Crippen MR) is 143 cm³/mol. The van der Waals surface area contributed by atoms with Gasteiger partial charge < -0.3 is 15.2 Å². The van der Waals surface area contributed by atoms with Crippen LogP contribution in [-0.4, -0.2) is 35.8 Å². The number of para-hydroxylation sites is 1. The van der Waals surface area contributed by atoms with Crippen LogP contribution in [0.1, 0.15) is 39.2 Å². The molecule has 0 spiro atoms. The highest BCUT2D eigenvalue weighted by Gasteiger charge is 2.43. The Bertz CT molecular complexity index is 1360. The maximum absolute atomic E-state index is 13.2. The van der Waals surface area contributed by atoms with E-state index in [1.807, 2.05) is 53.9 Å². The fourth-order valence-electron chi connectivity index (χ4n) is 4.60. The lowest BCUT2D eigenvalue weighted by molar-refractivity contribution is -0.146. The largest absolute Gasteiger partial charge is 0.465 e. The zero-order chi connectivity index (χ0) is 25.8. The number of allylic oxidation sites excluding steroid dienone is 1. The van der Waals surface area contributed by atoms with Gasteiger partial charge in [0, 0.05) is 39.5 Å². The average molecular weight is 504 g/mol. The molecule has 2 heterocycles. The van der Waals surface area contributed by atoms with E-state index in [2.05, 4.69) is 4.99 Å². The minimum Gasteiger partial charge on any atom is -0.465 e. The van der Waals surface area contributed by atoms with Gasteiger partial charge in [0.15, 0.2) is 0 Å². The molecule has 0 saturated carbocycles. The second-order valence-corrected chi connectivity index (χ2v) is 9.25. The lowest BCUT2D eigenvalue weighted by Crippen LogP contribution is -2.36. The molecule has 3 aromatic rings. The average Bonchev–Trinajstić information content (AvgIpc) is 3.34. The first kappa shape index (κ1) is 25.3. The Hall–Kier alpha value is -3.78. The molecular weight excluding hydrogens is 474 g/mol. The topological polar surface area (TPSA) is 104 Å². The van der Waals surface area contributed by atoms with Gasteiger partial charge in [-0.3, -0.25) is 9.79 Å². The highest BCUT2D eigenvalue weighted by molar-refractivity contribution is 7.13. The summed E-state index contributed by atoms with van der Waals surface area (Å²) < 4.78 is 10.8. The minimum absolute atomic E-state index is 0.213. The number of hydrogen-bond donors (Lipinski definition) is 1. The number of ether oxygens (including phenoxy) is 2. The normalized spacial score (nSPS) is 17.5. The van der Waals surface area contributed by atoms with Crippen molar-refractivity contribution in [3.8, 4) is 21.8 Å². The highest BCUT2D eigenvalue weighted by Crippen LogP contribution is 2.44. The van der Waals surface area contributed by atoms with Gasteiger partial charge in [-0.1, -0.05) is 42.5 Å². The second kappa shape index (κ2) is 10.9. The van der Waals surface area contributed by atoms with E-state index >= 15 is 0 Å². The summed E-state index contributed by atoms with van der Waals surface area (Å²) in [7, 11) is 0. The number of nitrogen functional groups attached to an aromatic ring is 1. The van der Waals surface area contributed by atoms with Gasteiger partial charge in [-0.15, -0.1) is 11.3 Å². The van der Waals surface area contributed by atoms with Crippen LogP contribution in [0.4, 0.5) is 5.69 Å². The van der Waals surface area contributed by atoms with Gasteiger partial charge in [0.25, 0.3) is 0 Å². The Labute approximate surface area is 214 Å². The number of esters is 2. The third-order valence-electron chi connectivity index (χ3n) is 6.13. The van der Waals surface area contributed by atoms with Gasteiger partial charge in [0.05, 0.1) is 24.5 Å². The molecular formula is C28H29N3O4S. The van der Waals surface area contributed by atoms with Crippen molar-refractivity contribution in [1.29, 1.82) is 0 Å². The number of anilines is 1. The number of carbonyl (C=O) groups is 2. The van der Waals surface area contributed by atoms with Crippen LogP contribution in [0.15, 0.2) is 70.2 Å². The number of benzene rings is 2. The maximum Gasteiger partial charge on any atom is 0.336 e. The van der Waals surface area contributed by atoms with Crippen molar-refractivity contribution in [1.82, 2.24) is 4.98 Å². The molecule has 1 aromatic heterocycles. The van der Waals surface area contributed by atoms with Crippen molar-refractivity contribution in [2.24, 2.45) is 10.9 Å². The number of carbonyl (C=O) groups excluding carboxylic acids is 2. The third kappa shape index (κ3) is 4.81. The molecule has 2 N–H and O–H groups in total. The van der Waals surface area contributed by atoms with E-state index in [1.165, 1.54) is 11.3 Å². The summed E-state index contributed by atoms with van der Waals surface area (Å²) in [5.74, 6) is -2.31. The molecule has 0 amide bonds. The maximum atomic E-state index is 13.2. The summed E-state index contributed by atoms with van der Waals surface area (Å²) in [5, 5.41) is 2.72. The van der Waals surface area contributed by atoms with Crippen LogP contribution >= 0.6 is 11.3 Å². The number of nitrogens with two attached hydrogens (primary N) is 1. The zero-order valence-electron chi connectivity index (χ0n) is 20.8. The Kier molecular flexibility index (Phi) is 7.64. The van der Waals surface area contributed by atoms with Crippen LogP contribution < -0.4 is 5.73 Å². The van der Waals surface area contributed by atoms with E-state index in [1.54, 1.807) is 27.7 Å². The molecule has 0 radical (unpaired) electrons. The van der Waals surface area contributed by atoms with Crippen LogP contribution in [0.5, 0.6) is 0 Å². The molecule has 0 aliphatic carbocycles. The molecule has 4 rings (SSSR count). The molecule has 36 heavy (non-hydrogen) atoms. The van der Waals surface area contributed by atoms with Crippen molar-refractivity contribution in [2.45, 2.75) is 33.6 Å². The van der Waals surface area contributed by atoms with Crippen LogP contribution in [0.2, 0.25) is 0 Å². The van der Waals surface area contributed by atoms with Crippen molar-refractivity contribution >= 4 is 34.7 Å². The number of hydrogen-bond acceptors (Lipinski definition) is 8. The molecule has 8 heteroatoms. The van der Waals surface area contributed by atoms with Crippen LogP contribution in [0, 0.1) is 5.92 Å². The van der Waals surface area contributed by atoms with E-state index in [-0.39, 0.29) is 13.2 Å². The first-order chi connectivity index (χ1) is 17.4. The molecule has 2 atom stereocenters. The Morgan fingerprint density at radius 2 is 1.64 bits per heavy atom. The molecule has 2 aromatic carbocycles. The van der Waals surface area contributed by atoms with Gasteiger partial charge in [0.1, 0.15) is 10.9 Å². The van der Waals surface area contributed by atoms with Crippen molar-refractivity contribution in [2.75, 3.05) is 18.9 Å². The van der Waals surface area contributed by atoms with E-state index in [0.717, 1.165) is 27.4 Å². The summed E-state index contributed by atoms with van der Waals surface area (Å²) in [6, 6.07) is 15.3. The smallest absolute Gasteiger partial charge is 0.336 e. The van der Waals surface area contributed by atoms with Gasteiger partial charge in [-0.2, -0.15) is 0 Å². The number of rotatable bonds is 7. The predicted octanol–water partition coefficient (Wildman–Crippen LogP) is 5.63. The SMILES string of the molecule is CCOC(=O)C1=C(C)N=C(C)C(C(=O)OCC)C1c1ccccc1-c1nc(-c2ccccc2N)cs1. The summed E-state index contributed by atoms with van der Waals surface area (Å²) >= 11 is 1.48. The van der Waals surface area contributed by atoms with Crippen LogP contribution in [-0.2, 0) is 19.1 Å². The molecule has 186 valence electrons. The van der Waals surface area contributed by atoms with Crippen LogP contribution in [0.25, 0.3) is 21.8 Å². The van der Waals surface area contributed by atoms with Gasteiger partial charge >= 0.3 is 11.9 Å². The van der Waals surface area contributed by atoms with E-state index < -0.39 is 23.8 Å². The minimum atomic E-state index is -0.765.